The number of piperidine rings is 1. The maximum atomic E-state index is 9.53. The fourth-order valence-corrected chi connectivity index (χ4v) is 1.90. The van der Waals surface area contributed by atoms with Crippen LogP contribution < -0.4 is 5.73 Å². The fourth-order valence-electron chi connectivity index (χ4n) is 1.90. The van der Waals surface area contributed by atoms with Crippen LogP contribution in [0.25, 0.3) is 0 Å². The topological polar surface area (TPSA) is 49.5 Å². The van der Waals surface area contributed by atoms with Gasteiger partial charge in [-0.05, 0) is 32.7 Å². The summed E-state index contributed by atoms with van der Waals surface area (Å²) >= 11 is 0. The lowest BCUT2D eigenvalue weighted by atomic mass is 9.98. The second kappa shape index (κ2) is 4.94. The summed E-state index contributed by atoms with van der Waals surface area (Å²) in [7, 11) is 0. The van der Waals surface area contributed by atoms with Crippen molar-refractivity contribution < 1.29 is 5.11 Å². The third kappa shape index (κ3) is 2.93. The molecule has 13 heavy (non-hydrogen) atoms. The number of nitrogens with two attached hydrogens (primary N) is 1. The van der Waals surface area contributed by atoms with E-state index in [1.54, 1.807) is 0 Å². The van der Waals surface area contributed by atoms with Crippen LogP contribution in [0.4, 0.5) is 0 Å². The Hall–Kier alpha value is -0.120. The van der Waals surface area contributed by atoms with Gasteiger partial charge in [-0.3, -0.25) is 4.90 Å². The van der Waals surface area contributed by atoms with Crippen LogP contribution >= 0.6 is 0 Å². The van der Waals surface area contributed by atoms with Crippen molar-refractivity contribution in [3.63, 3.8) is 0 Å². The van der Waals surface area contributed by atoms with Gasteiger partial charge in [0, 0.05) is 18.6 Å². The number of likely N-dealkylation sites (tertiary alicyclic amines) is 1. The van der Waals surface area contributed by atoms with Gasteiger partial charge in [0.1, 0.15) is 0 Å². The predicted molar refractivity (Wildman–Crippen MR) is 54.5 cm³/mol. The zero-order valence-electron chi connectivity index (χ0n) is 8.74. The van der Waals surface area contributed by atoms with E-state index >= 15 is 0 Å². The van der Waals surface area contributed by atoms with Crippen molar-refractivity contribution >= 4 is 0 Å². The van der Waals surface area contributed by atoms with E-state index < -0.39 is 0 Å². The Morgan fingerprint density at radius 2 is 2.31 bits per heavy atom. The third-order valence-corrected chi connectivity index (χ3v) is 3.09. The Kier molecular flexibility index (Phi) is 4.16. The number of aliphatic hydroxyl groups excluding tert-OH is 1. The second-order valence-corrected chi connectivity index (χ2v) is 4.10. The van der Waals surface area contributed by atoms with E-state index in [1.807, 2.05) is 6.92 Å². The molecule has 0 radical (unpaired) electrons. The summed E-state index contributed by atoms with van der Waals surface area (Å²) in [6.45, 7) is 6.04. The molecule has 0 aromatic carbocycles. The molecule has 3 nitrogen and oxygen atoms in total. The van der Waals surface area contributed by atoms with Gasteiger partial charge in [0.25, 0.3) is 0 Å². The number of rotatable bonds is 3. The van der Waals surface area contributed by atoms with Crippen molar-refractivity contribution in [3.8, 4) is 0 Å². The van der Waals surface area contributed by atoms with Crippen LogP contribution in [0.1, 0.15) is 33.1 Å². The van der Waals surface area contributed by atoms with Crippen molar-refractivity contribution in [2.45, 2.75) is 51.3 Å². The Labute approximate surface area is 80.9 Å². The molecule has 1 unspecified atom stereocenters. The van der Waals surface area contributed by atoms with Gasteiger partial charge in [0.2, 0.25) is 0 Å². The lowest BCUT2D eigenvalue weighted by Gasteiger charge is -2.38. The molecule has 78 valence electrons. The molecule has 0 saturated carbocycles. The van der Waals surface area contributed by atoms with E-state index in [4.69, 9.17) is 5.73 Å². The molecule has 1 fully saturated rings. The number of hydrogen-bond acceptors (Lipinski definition) is 3. The molecule has 1 aliphatic rings. The second-order valence-electron chi connectivity index (χ2n) is 4.10. The first-order valence-electron chi connectivity index (χ1n) is 5.32. The van der Waals surface area contributed by atoms with E-state index in [0.29, 0.717) is 6.04 Å². The molecule has 1 saturated heterocycles. The van der Waals surface area contributed by atoms with Crippen LogP contribution in [0.3, 0.4) is 0 Å². The minimum atomic E-state index is -0.187. The summed E-state index contributed by atoms with van der Waals surface area (Å²) in [5.41, 5.74) is 5.96. The minimum Gasteiger partial charge on any atom is -0.392 e. The van der Waals surface area contributed by atoms with Gasteiger partial charge in [-0.25, -0.2) is 0 Å². The molecule has 0 amide bonds. The first-order chi connectivity index (χ1) is 6.15. The van der Waals surface area contributed by atoms with Crippen LogP contribution in [0.5, 0.6) is 0 Å². The minimum absolute atomic E-state index is 0.187. The van der Waals surface area contributed by atoms with E-state index in [1.165, 1.54) is 6.42 Å². The largest absolute Gasteiger partial charge is 0.392 e. The first kappa shape index (κ1) is 11.0. The van der Waals surface area contributed by atoms with Gasteiger partial charge >= 0.3 is 0 Å². The molecule has 1 heterocycles. The van der Waals surface area contributed by atoms with Crippen molar-refractivity contribution in [2.75, 3.05) is 13.1 Å². The van der Waals surface area contributed by atoms with Gasteiger partial charge in [0.15, 0.2) is 0 Å². The van der Waals surface area contributed by atoms with E-state index in [-0.39, 0.29) is 12.1 Å². The maximum absolute atomic E-state index is 9.53. The van der Waals surface area contributed by atoms with E-state index in [2.05, 4.69) is 11.8 Å². The van der Waals surface area contributed by atoms with Crippen LogP contribution in [-0.4, -0.2) is 41.3 Å². The normalized spacial score (nSPS) is 33.2. The smallest absolute Gasteiger partial charge is 0.0664 e. The maximum Gasteiger partial charge on any atom is 0.0664 e. The highest BCUT2D eigenvalue weighted by Gasteiger charge is 2.25. The molecule has 0 aromatic heterocycles. The highest BCUT2D eigenvalue weighted by atomic mass is 16.3. The van der Waals surface area contributed by atoms with E-state index in [0.717, 1.165) is 25.9 Å². The summed E-state index contributed by atoms with van der Waals surface area (Å²) in [6.07, 6.45) is 2.94. The molecule has 3 heteroatoms. The van der Waals surface area contributed by atoms with Gasteiger partial charge < -0.3 is 10.8 Å². The van der Waals surface area contributed by atoms with Crippen molar-refractivity contribution in [2.24, 2.45) is 5.73 Å². The molecule has 1 rings (SSSR count). The van der Waals surface area contributed by atoms with E-state index in [9.17, 15) is 5.11 Å². The number of β-amino-alcohol motifs (C(OH)–C–C–N with tert-alkyl or cyclic N) is 1. The van der Waals surface area contributed by atoms with Crippen molar-refractivity contribution in [3.05, 3.63) is 0 Å². The summed E-state index contributed by atoms with van der Waals surface area (Å²) in [5, 5.41) is 9.53. The Morgan fingerprint density at radius 1 is 1.62 bits per heavy atom. The molecule has 0 aromatic rings. The molecule has 3 atom stereocenters. The quantitative estimate of drug-likeness (QED) is 0.677. The summed E-state index contributed by atoms with van der Waals surface area (Å²) in [4.78, 5) is 2.31. The Balaban J connectivity index is 2.39. The van der Waals surface area contributed by atoms with Crippen molar-refractivity contribution in [1.82, 2.24) is 4.90 Å². The van der Waals surface area contributed by atoms with Gasteiger partial charge in [-0.1, -0.05) is 6.92 Å². The predicted octanol–water partition coefficient (Wildman–Crippen LogP) is 0.569. The van der Waals surface area contributed by atoms with Gasteiger partial charge in [0.05, 0.1) is 6.10 Å². The van der Waals surface area contributed by atoms with Gasteiger partial charge in [-0.2, -0.15) is 0 Å². The summed E-state index contributed by atoms with van der Waals surface area (Å²) in [6, 6.07) is 0.716. The molecule has 3 N–H and O–H groups in total. The molecule has 0 spiro atoms. The standard InChI is InChI=1S/C10H22N2O/c1-3-9(13)7-12-6-4-5-10(11)8(12)2/h8-10,13H,3-7,11H2,1-2H3/t8-,9?,10-/m1/s1. The zero-order valence-corrected chi connectivity index (χ0v) is 8.74. The van der Waals surface area contributed by atoms with Crippen LogP contribution in [0, 0.1) is 0 Å². The van der Waals surface area contributed by atoms with Crippen molar-refractivity contribution in [1.29, 1.82) is 0 Å². The monoisotopic (exact) mass is 186 g/mol. The highest BCUT2D eigenvalue weighted by molar-refractivity contribution is 4.84. The molecule has 1 aliphatic heterocycles. The lowest BCUT2D eigenvalue weighted by molar-refractivity contribution is 0.0634. The average molecular weight is 186 g/mol. The van der Waals surface area contributed by atoms with Gasteiger partial charge in [-0.15, -0.1) is 0 Å². The average Bonchev–Trinajstić information content (AvgIpc) is 2.13. The number of nitrogens with zero attached hydrogens (tertiary/aromatic N) is 1. The third-order valence-electron chi connectivity index (χ3n) is 3.09. The fraction of sp³-hybridized carbons (Fsp3) is 1.00. The SMILES string of the molecule is CCC(O)CN1CCC[C@@H](N)[C@H]1C. The number of aliphatic hydroxyl groups is 1. The Morgan fingerprint density at radius 3 is 2.92 bits per heavy atom. The first-order valence-corrected chi connectivity index (χ1v) is 5.32. The molecule has 0 aliphatic carbocycles. The summed E-state index contributed by atoms with van der Waals surface area (Å²) in [5.74, 6) is 0. The van der Waals surface area contributed by atoms with Crippen LogP contribution in [-0.2, 0) is 0 Å². The highest BCUT2D eigenvalue weighted by Crippen LogP contribution is 2.16. The zero-order chi connectivity index (χ0) is 9.84. The summed E-state index contributed by atoms with van der Waals surface area (Å²) < 4.78 is 0. The molecular weight excluding hydrogens is 164 g/mol. The van der Waals surface area contributed by atoms with Crippen LogP contribution in [0.15, 0.2) is 0 Å². The molecule has 0 bridgehead atoms. The lowest BCUT2D eigenvalue weighted by Crippen LogP contribution is -2.52. The molecular formula is C10H22N2O. The van der Waals surface area contributed by atoms with Crippen LogP contribution in [0.2, 0.25) is 0 Å². The Bertz CT molecular complexity index is 152. The number of hydrogen-bond donors (Lipinski definition) is 2.